The first-order valence-electron chi connectivity index (χ1n) is 5.91. The molecular formula is C15H9Cl3N2. The third-order valence-electron chi connectivity index (χ3n) is 2.88. The number of aromatic nitrogens is 1. The predicted octanol–water partition coefficient (Wildman–Crippen LogP) is 5.94. The van der Waals surface area contributed by atoms with Crippen LogP contribution in [0.3, 0.4) is 0 Å². The molecule has 1 heterocycles. The van der Waals surface area contributed by atoms with Gasteiger partial charge in [0, 0.05) is 11.1 Å². The van der Waals surface area contributed by atoms with Gasteiger partial charge in [-0.1, -0.05) is 53.0 Å². The van der Waals surface area contributed by atoms with Gasteiger partial charge in [-0.05, 0) is 30.3 Å². The summed E-state index contributed by atoms with van der Waals surface area (Å²) in [5, 5.41) is 5.74. The van der Waals surface area contributed by atoms with Crippen molar-refractivity contribution in [1.82, 2.24) is 4.98 Å². The number of hydrogen-bond donors (Lipinski definition) is 1. The fraction of sp³-hybridized carbons (Fsp3) is 0. The summed E-state index contributed by atoms with van der Waals surface area (Å²) in [7, 11) is 0. The molecule has 1 aromatic heterocycles. The van der Waals surface area contributed by atoms with Crippen molar-refractivity contribution in [3.05, 3.63) is 63.7 Å². The summed E-state index contributed by atoms with van der Waals surface area (Å²) in [5.41, 5.74) is 2.55. The van der Waals surface area contributed by atoms with Crippen molar-refractivity contribution in [1.29, 1.82) is 0 Å². The Hall–Kier alpha value is -1.48. The van der Waals surface area contributed by atoms with E-state index in [2.05, 4.69) is 10.3 Å². The van der Waals surface area contributed by atoms with Crippen molar-refractivity contribution in [3.8, 4) is 0 Å². The summed E-state index contributed by atoms with van der Waals surface area (Å²) in [5.74, 6) is 0. The number of halogens is 3. The second-order valence-corrected chi connectivity index (χ2v) is 5.47. The molecule has 3 aromatic rings. The van der Waals surface area contributed by atoms with Crippen molar-refractivity contribution in [2.24, 2.45) is 0 Å². The quantitative estimate of drug-likeness (QED) is 0.590. The van der Waals surface area contributed by atoms with E-state index in [0.29, 0.717) is 15.2 Å². The summed E-state index contributed by atoms with van der Waals surface area (Å²) in [4.78, 5) is 4.29. The van der Waals surface area contributed by atoms with Crippen molar-refractivity contribution in [2.45, 2.75) is 0 Å². The molecule has 2 aromatic carbocycles. The van der Waals surface area contributed by atoms with Crippen LogP contribution in [0.5, 0.6) is 0 Å². The molecule has 2 nitrogen and oxygen atoms in total. The minimum absolute atomic E-state index is 0.436. The molecule has 0 unspecified atom stereocenters. The number of rotatable bonds is 2. The Morgan fingerprint density at radius 3 is 2.45 bits per heavy atom. The zero-order valence-corrected chi connectivity index (χ0v) is 12.5. The van der Waals surface area contributed by atoms with Crippen LogP contribution in [0.25, 0.3) is 10.9 Å². The second kappa shape index (κ2) is 5.49. The highest BCUT2D eigenvalue weighted by molar-refractivity contribution is 6.42. The lowest BCUT2D eigenvalue weighted by atomic mass is 10.2. The van der Waals surface area contributed by atoms with Gasteiger partial charge < -0.3 is 5.32 Å². The van der Waals surface area contributed by atoms with E-state index in [1.54, 1.807) is 18.2 Å². The molecule has 0 radical (unpaired) electrons. The second-order valence-electron chi connectivity index (χ2n) is 4.26. The maximum Gasteiger partial charge on any atom is 0.131 e. The SMILES string of the molecule is Clc1cc(Nc2ccc(Cl)c(Cl)c2)c2ccccc2n1. The highest BCUT2D eigenvalue weighted by Crippen LogP contribution is 2.31. The van der Waals surface area contributed by atoms with Crippen LogP contribution in [0.4, 0.5) is 11.4 Å². The van der Waals surface area contributed by atoms with E-state index in [-0.39, 0.29) is 0 Å². The molecule has 0 aliphatic heterocycles. The van der Waals surface area contributed by atoms with Crippen LogP contribution >= 0.6 is 34.8 Å². The molecule has 20 heavy (non-hydrogen) atoms. The Morgan fingerprint density at radius 2 is 1.65 bits per heavy atom. The first-order valence-corrected chi connectivity index (χ1v) is 7.04. The van der Waals surface area contributed by atoms with E-state index >= 15 is 0 Å². The number of para-hydroxylation sites is 1. The van der Waals surface area contributed by atoms with E-state index in [1.165, 1.54) is 0 Å². The summed E-state index contributed by atoms with van der Waals surface area (Å²) < 4.78 is 0. The van der Waals surface area contributed by atoms with Crippen LogP contribution in [-0.2, 0) is 0 Å². The van der Waals surface area contributed by atoms with Crippen molar-refractivity contribution in [3.63, 3.8) is 0 Å². The molecule has 0 atom stereocenters. The molecule has 0 aliphatic carbocycles. The number of hydrogen-bond acceptors (Lipinski definition) is 2. The van der Waals surface area contributed by atoms with E-state index in [1.807, 2.05) is 30.3 Å². The molecule has 0 aliphatic rings. The maximum absolute atomic E-state index is 6.05. The third-order valence-corrected chi connectivity index (χ3v) is 3.82. The zero-order chi connectivity index (χ0) is 14.1. The zero-order valence-electron chi connectivity index (χ0n) is 10.2. The van der Waals surface area contributed by atoms with E-state index in [9.17, 15) is 0 Å². The van der Waals surface area contributed by atoms with Gasteiger partial charge in [0.2, 0.25) is 0 Å². The lowest BCUT2D eigenvalue weighted by Crippen LogP contribution is -1.93. The Balaban J connectivity index is 2.07. The molecule has 0 bridgehead atoms. The number of pyridine rings is 1. The highest BCUT2D eigenvalue weighted by atomic mass is 35.5. The fourth-order valence-electron chi connectivity index (χ4n) is 1.98. The molecule has 0 saturated carbocycles. The molecule has 0 saturated heterocycles. The molecule has 3 rings (SSSR count). The van der Waals surface area contributed by atoms with Gasteiger partial charge in [-0.25, -0.2) is 4.98 Å². The van der Waals surface area contributed by atoms with Gasteiger partial charge in [-0.3, -0.25) is 0 Å². The minimum Gasteiger partial charge on any atom is -0.355 e. The first-order chi connectivity index (χ1) is 9.63. The number of benzene rings is 2. The number of anilines is 2. The number of nitrogens with one attached hydrogen (secondary N) is 1. The first kappa shape index (κ1) is 13.5. The predicted molar refractivity (Wildman–Crippen MR) is 86.5 cm³/mol. The average molecular weight is 324 g/mol. The smallest absolute Gasteiger partial charge is 0.131 e. The van der Waals surface area contributed by atoms with Gasteiger partial charge in [0.25, 0.3) is 0 Å². The van der Waals surface area contributed by atoms with Crippen LogP contribution in [0.2, 0.25) is 15.2 Å². The third kappa shape index (κ3) is 2.68. The molecule has 0 amide bonds. The van der Waals surface area contributed by atoms with E-state index in [0.717, 1.165) is 22.3 Å². The van der Waals surface area contributed by atoms with E-state index < -0.39 is 0 Å². The van der Waals surface area contributed by atoms with Crippen LogP contribution < -0.4 is 5.32 Å². The molecule has 5 heteroatoms. The average Bonchev–Trinajstić information content (AvgIpc) is 2.43. The topological polar surface area (TPSA) is 24.9 Å². The van der Waals surface area contributed by atoms with Gasteiger partial charge in [0.1, 0.15) is 5.15 Å². The molecule has 100 valence electrons. The van der Waals surface area contributed by atoms with Crippen molar-refractivity contribution < 1.29 is 0 Å². The molecule has 1 N–H and O–H groups in total. The van der Waals surface area contributed by atoms with Gasteiger partial charge in [0.15, 0.2) is 0 Å². The standard InChI is InChI=1S/C15H9Cl3N2/c16-11-6-5-9(7-12(11)17)19-14-8-15(18)20-13-4-2-1-3-10(13)14/h1-8H,(H,19,20). The van der Waals surface area contributed by atoms with Crippen LogP contribution in [0.15, 0.2) is 48.5 Å². The number of nitrogens with zero attached hydrogens (tertiary/aromatic N) is 1. The van der Waals surface area contributed by atoms with Crippen molar-refractivity contribution >= 4 is 57.1 Å². The minimum atomic E-state index is 0.436. The highest BCUT2D eigenvalue weighted by Gasteiger charge is 2.06. The summed E-state index contributed by atoms with van der Waals surface area (Å²) in [6.45, 7) is 0. The van der Waals surface area contributed by atoms with Gasteiger partial charge in [-0.2, -0.15) is 0 Å². The van der Waals surface area contributed by atoms with Crippen LogP contribution in [0, 0.1) is 0 Å². The Kier molecular flexibility index (Phi) is 3.70. The molecular weight excluding hydrogens is 315 g/mol. The monoisotopic (exact) mass is 322 g/mol. The van der Waals surface area contributed by atoms with Crippen molar-refractivity contribution in [2.75, 3.05) is 5.32 Å². The maximum atomic E-state index is 6.05. The fourth-order valence-corrected chi connectivity index (χ4v) is 2.47. The largest absolute Gasteiger partial charge is 0.355 e. The Labute approximate surface area is 131 Å². The van der Waals surface area contributed by atoms with Crippen LogP contribution in [0.1, 0.15) is 0 Å². The number of fused-ring (bicyclic) bond motifs is 1. The van der Waals surface area contributed by atoms with Gasteiger partial charge in [-0.15, -0.1) is 0 Å². The van der Waals surface area contributed by atoms with Gasteiger partial charge in [0.05, 0.1) is 21.2 Å². The van der Waals surface area contributed by atoms with Crippen LogP contribution in [-0.4, -0.2) is 4.98 Å². The lowest BCUT2D eigenvalue weighted by Gasteiger charge is -2.11. The van der Waals surface area contributed by atoms with Gasteiger partial charge >= 0.3 is 0 Å². The lowest BCUT2D eigenvalue weighted by molar-refractivity contribution is 1.40. The molecule has 0 fully saturated rings. The normalized spacial score (nSPS) is 10.8. The Morgan fingerprint density at radius 1 is 0.850 bits per heavy atom. The summed E-state index contributed by atoms with van der Waals surface area (Å²) in [6.07, 6.45) is 0. The summed E-state index contributed by atoms with van der Waals surface area (Å²) >= 11 is 18.0. The Bertz CT molecular complexity index is 787. The van der Waals surface area contributed by atoms with E-state index in [4.69, 9.17) is 34.8 Å². The summed E-state index contributed by atoms with van der Waals surface area (Å²) in [6, 6.07) is 14.9. The molecule has 0 spiro atoms.